The standard InChI is InChI=1S/C38H39N/c1-4-29-10-12-32(13-11-29)37-22-30-21-31(23-37)25-38(24-30,26-37)33-14-18-35(19-15-33)39(34-16-8-27(2)9-17-34)36-7-5-6-28(3)20-36/h4-20,30-31H,1,21-26H2,2-3H3. The zero-order valence-electron chi connectivity index (χ0n) is 23.4. The summed E-state index contributed by atoms with van der Waals surface area (Å²) >= 11 is 0. The Hall–Kier alpha value is -3.58. The van der Waals surface area contributed by atoms with Crippen LogP contribution in [0.3, 0.4) is 0 Å². The number of rotatable bonds is 6. The molecule has 39 heavy (non-hydrogen) atoms. The van der Waals surface area contributed by atoms with Crippen LogP contribution in [-0.4, -0.2) is 0 Å². The molecule has 1 heteroatoms. The predicted octanol–water partition coefficient (Wildman–Crippen LogP) is 10.2. The van der Waals surface area contributed by atoms with Crippen molar-refractivity contribution >= 4 is 23.1 Å². The van der Waals surface area contributed by atoms with E-state index in [-0.39, 0.29) is 0 Å². The first-order valence-electron chi connectivity index (χ1n) is 14.7. The number of nitrogens with zero attached hydrogens (tertiary/aromatic N) is 1. The van der Waals surface area contributed by atoms with E-state index in [0.29, 0.717) is 10.8 Å². The van der Waals surface area contributed by atoms with Gasteiger partial charge in [-0.15, -0.1) is 0 Å². The minimum atomic E-state index is 0.303. The van der Waals surface area contributed by atoms with Crippen molar-refractivity contribution in [1.82, 2.24) is 0 Å². The molecule has 196 valence electrons. The summed E-state index contributed by atoms with van der Waals surface area (Å²) in [6, 6.07) is 36.8. The lowest BCUT2D eigenvalue weighted by Crippen LogP contribution is -2.55. The lowest BCUT2D eigenvalue weighted by atomic mass is 9.42. The van der Waals surface area contributed by atoms with Crippen molar-refractivity contribution in [3.8, 4) is 0 Å². The van der Waals surface area contributed by atoms with Crippen LogP contribution in [-0.2, 0) is 10.8 Å². The van der Waals surface area contributed by atoms with Gasteiger partial charge in [-0.25, -0.2) is 0 Å². The van der Waals surface area contributed by atoms with Crippen LogP contribution in [0.2, 0.25) is 0 Å². The van der Waals surface area contributed by atoms with Gasteiger partial charge >= 0.3 is 0 Å². The lowest BCUT2D eigenvalue weighted by molar-refractivity contribution is -0.0281. The third-order valence-corrected chi connectivity index (χ3v) is 10.1. The minimum absolute atomic E-state index is 0.303. The van der Waals surface area contributed by atoms with Crippen molar-refractivity contribution in [2.24, 2.45) is 11.8 Å². The van der Waals surface area contributed by atoms with E-state index < -0.39 is 0 Å². The van der Waals surface area contributed by atoms with Gasteiger partial charge < -0.3 is 4.90 Å². The fourth-order valence-corrected chi connectivity index (χ4v) is 8.78. The van der Waals surface area contributed by atoms with Gasteiger partial charge in [0.1, 0.15) is 0 Å². The summed E-state index contributed by atoms with van der Waals surface area (Å²) in [4.78, 5) is 2.40. The maximum Gasteiger partial charge on any atom is 0.0464 e. The summed E-state index contributed by atoms with van der Waals surface area (Å²) in [6.45, 7) is 8.29. The van der Waals surface area contributed by atoms with Crippen LogP contribution < -0.4 is 4.90 Å². The van der Waals surface area contributed by atoms with Crippen molar-refractivity contribution in [3.63, 3.8) is 0 Å². The second-order valence-corrected chi connectivity index (χ2v) is 12.9. The molecule has 4 fully saturated rings. The fourth-order valence-electron chi connectivity index (χ4n) is 8.78. The molecule has 0 radical (unpaired) electrons. The molecular weight excluding hydrogens is 470 g/mol. The van der Waals surface area contributed by atoms with Crippen LogP contribution in [0.15, 0.2) is 104 Å². The molecule has 4 aromatic rings. The molecule has 4 aliphatic rings. The quantitative estimate of drug-likeness (QED) is 0.250. The van der Waals surface area contributed by atoms with Crippen molar-refractivity contribution in [2.75, 3.05) is 4.90 Å². The summed E-state index contributed by atoms with van der Waals surface area (Å²) < 4.78 is 0. The molecule has 0 spiro atoms. The Bertz CT molecular complexity index is 1480. The molecule has 0 N–H and O–H groups in total. The monoisotopic (exact) mass is 509 g/mol. The molecule has 8 rings (SSSR count). The molecule has 0 aliphatic heterocycles. The fraction of sp³-hybridized carbons (Fsp3) is 0.316. The molecule has 2 atom stereocenters. The molecular formula is C38H39N. The Balaban J connectivity index is 1.25. The summed E-state index contributed by atoms with van der Waals surface area (Å²) in [7, 11) is 0. The number of anilines is 3. The zero-order chi connectivity index (χ0) is 26.6. The molecule has 2 unspecified atom stereocenters. The molecule has 1 nitrogen and oxygen atoms in total. The Morgan fingerprint density at radius 2 is 1.18 bits per heavy atom. The normalized spacial score (nSPS) is 26.9. The Morgan fingerprint density at radius 1 is 0.641 bits per heavy atom. The summed E-state index contributed by atoms with van der Waals surface area (Å²) in [5.41, 5.74) is 11.2. The average Bonchev–Trinajstić information content (AvgIpc) is 2.94. The maximum atomic E-state index is 3.97. The van der Waals surface area contributed by atoms with Crippen LogP contribution in [0.4, 0.5) is 17.1 Å². The van der Waals surface area contributed by atoms with Crippen LogP contribution in [0.25, 0.3) is 6.08 Å². The van der Waals surface area contributed by atoms with Gasteiger partial charge in [-0.2, -0.15) is 0 Å². The molecule has 4 aliphatic carbocycles. The third-order valence-electron chi connectivity index (χ3n) is 10.1. The van der Waals surface area contributed by atoms with Gasteiger partial charge in [0.15, 0.2) is 0 Å². The number of hydrogen-bond donors (Lipinski definition) is 0. The van der Waals surface area contributed by atoms with E-state index in [1.165, 1.54) is 72.3 Å². The second kappa shape index (κ2) is 9.26. The van der Waals surface area contributed by atoms with E-state index in [9.17, 15) is 0 Å². The first-order valence-corrected chi connectivity index (χ1v) is 14.7. The summed E-state index contributed by atoms with van der Waals surface area (Å²) in [5, 5.41) is 0. The van der Waals surface area contributed by atoms with Gasteiger partial charge in [-0.3, -0.25) is 0 Å². The van der Waals surface area contributed by atoms with Crippen molar-refractivity contribution in [3.05, 3.63) is 131 Å². The molecule has 4 aromatic carbocycles. The molecule has 0 aromatic heterocycles. The van der Waals surface area contributed by atoms with Gasteiger partial charge in [0, 0.05) is 17.1 Å². The SMILES string of the molecule is C=Cc1ccc(C23CC4CC(C2)CC(c2ccc(N(c5ccc(C)cc5)c5cccc(C)c5)cc2)(C4)C3)cc1. The summed E-state index contributed by atoms with van der Waals surface area (Å²) in [5.74, 6) is 1.70. The topological polar surface area (TPSA) is 3.24 Å². The molecule has 0 saturated heterocycles. The first kappa shape index (κ1) is 24.5. The van der Waals surface area contributed by atoms with E-state index in [1.54, 1.807) is 11.1 Å². The van der Waals surface area contributed by atoms with Gasteiger partial charge in [0.05, 0.1) is 0 Å². The van der Waals surface area contributed by atoms with Gasteiger partial charge in [0.2, 0.25) is 0 Å². The minimum Gasteiger partial charge on any atom is -0.310 e. The molecule has 4 bridgehead atoms. The van der Waals surface area contributed by atoms with Gasteiger partial charge in [-0.05, 0) is 134 Å². The Morgan fingerprint density at radius 3 is 1.72 bits per heavy atom. The van der Waals surface area contributed by atoms with E-state index in [0.717, 1.165) is 11.8 Å². The first-order chi connectivity index (χ1) is 19.0. The Labute approximate surface area is 234 Å². The highest BCUT2D eigenvalue weighted by molar-refractivity contribution is 5.77. The highest BCUT2D eigenvalue weighted by atomic mass is 15.1. The van der Waals surface area contributed by atoms with Crippen LogP contribution >= 0.6 is 0 Å². The van der Waals surface area contributed by atoms with E-state index in [2.05, 4.69) is 122 Å². The van der Waals surface area contributed by atoms with Gasteiger partial charge in [-0.1, -0.05) is 78.9 Å². The van der Waals surface area contributed by atoms with Crippen LogP contribution in [0, 0.1) is 25.7 Å². The third kappa shape index (κ3) is 4.24. The van der Waals surface area contributed by atoms with Gasteiger partial charge in [0.25, 0.3) is 0 Å². The maximum absolute atomic E-state index is 3.97. The highest BCUT2D eigenvalue weighted by Crippen LogP contribution is 2.66. The zero-order valence-corrected chi connectivity index (χ0v) is 23.4. The largest absolute Gasteiger partial charge is 0.310 e. The van der Waals surface area contributed by atoms with Crippen molar-refractivity contribution in [1.29, 1.82) is 0 Å². The predicted molar refractivity (Wildman–Crippen MR) is 165 cm³/mol. The lowest BCUT2D eigenvalue weighted by Gasteiger charge is -2.63. The van der Waals surface area contributed by atoms with Crippen LogP contribution in [0.5, 0.6) is 0 Å². The average molecular weight is 510 g/mol. The Kier molecular flexibility index (Phi) is 5.81. The number of aryl methyl sites for hydroxylation is 2. The van der Waals surface area contributed by atoms with Crippen molar-refractivity contribution in [2.45, 2.75) is 63.2 Å². The van der Waals surface area contributed by atoms with Crippen LogP contribution in [0.1, 0.15) is 66.3 Å². The number of hydrogen-bond acceptors (Lipinski definition) is 1. The van der Waals surface area contributed by atoms with E-state index in [1.807, 2.05) is 6.08 Å². The highest BCUT2D eigenvalue weighted by Gasteiger charge is 2.58. The van der Waals surface area contributed by atoms with Crippen molar-refractivity contribution < 1.29 is 0 Å². The summed E-state index contributed by atoms with van der Waals surface area (Å²) in [6.07, 6.45) is 10.1. The van der Waals surface area contributed by atoms with E-state index in [4.69, 9.17) is 0 Å². The number of benzene rings is 4. The molecule has 4 saturated carbocycles. The molecule has 0 amide bonds. The molecule has 0 heterocycles. The van der Waals surface area contributed by atoms with E-state index >= 15 is 0 Å². The smallest absolute Gasteiger partial charge is 0.0464 e. The second-order valence-electron chi connectivity index (χ2n) is 12.9.